The van der Waals surface area contributed by atoms with Crippen molar-refractivity contribution in [2.45, 2.75) is 32.7 Å². The molecular weight excluding hydrogens is 320 g/mol. The molecule has 1 N–H and O–H groups in total. The van der Waals surface area contributed by atoms with Gasteiger partial charge in [-0.3, -0.25) is 9.59 Å². The van der Waals surface area contributed by atoms with Crippen molar-refractivity contribution in [3.05, 3.63) is 52.2 Å². The first kappa shape index (κ1) is 16.7. The number of nitrogens with zero attached hydrogens (tertiary/aromatic N) is 1. The molecule has 0 saturated carbocycles. The normalized spacial score (nSPS) is 15.5. The molecule has 0 unspecified atom stereocenters. The molecule has 2 aromatic rings. The Morgan fingerprint density at radius 3 is 2.92 bits per heavy atom. The van der Waals surface area contributed by atoms with Crippen molar-refractivity contribution in [3.8, 4) is 0 Å². The second-order valence-electron chi connectivity index (χ2n) is 6.22. The van der Waals surface area contributed by atoms with E-state index in [1.807, 2.05) is 47.5 Å². The fraction of sp³-hybridized carbons (Fsp3) is 0.368. The van der Waals surface area contributed by atoms with Gasteiger partial charge in [0.15, 0.2) is 0 Å². The molecule has 2 heterocycles. The van der Waals surface area contributed by atoms with E-state index in [0.717, 1.165) is 30.6 Å². The van der Waals surface area contributed by atoms with Gasteiger partial charge in [0, 0.05) is 36.0 Å². The molecule has 0 spiro atoms. The number of anilines is 1. The molecule has 1 aliphatic rings. The van der Waals surface area contributed by atoms with Crippen LogP contribution in [0, 0.1) is 5.92 Å². The molecule has 1 aliphatic heterocycles. The zero-order valence-corrected chi connectivity index (χ0v) is 14.6. The van der Waals surface area contributed by atoms with Crippen molar-refractivity contribution in [1.29, 1.82) is 0 Å². The van der Waals surface area contributed by atoms with E-state index in [-0.39, 0.29) is 17.7 Å². The minimum atomic E-state index is -0.0491. The van der Waals surface area contributed by atoms with Crippen LogP contribution in [0.2, 0.25) is 0 Å². The summed E-state index contributed by atoms with van der Waals surface area (Å²) in [6.07, 6.45) is 2.31. The van der Waals surface area contributed by atoms with Gasteiger partial charge in [-0.1, -0.05) is 25.1 Å². The first-order valence-electron chi connectivity index (χ1n) is 8.33. The molecular formula is C19H22N2O2S. The number of thiophene rings is 1. The van der Waals surface area contributed by atoms with Crippen LogP contribution in [0.15, 0.2) is 41.8 Å². The van der Waals surface area contributed by atoms with Crippen molar-refractivity contribution in [3.63, 3.8) is 0 Å². The third kappa shape index (κ3) is 4.03. The Morgan fingerprint density at radius 2 is 2.21 bits per heavy atom. The van der Waals surface area contributed by atoms with E-state index in [4.69, 9.17) is 0 Å². The smallest absolute Gasteiger partial charge is 0.227 e. The molecule has 0 radical (unpaired) electrons. The summed E-state index contributed by atoms with van der Waals surface area (Å²) in [5, 5.41) is 5.04. The maximum Gasteiger partial charge on any atom is 0.227 e. The van der Waals surface area contributed by atoms with E-state index in [9.17, 15) is 9.59 Å². The summed E-state index contributed by atoms with van der Waals surface area (Å²) >= 11 is 1.68. The van der Waals surface area contributed by atoms with Crippen LogP contribution < -0.4 is 10.2 Å². The molecule has 5 heteroatoms. The molecule has 4 nitrogen and oxygen atoms in total. The topological polar surface area (TPSA) is 49.4 Å². The number of nitrogens with one attached hydrogen (secondary N) is 1. The van der Waals surface area contributed by atoms with Crippen LogP contribution in [0.25, 0.3) is 0 Å². The van der Waals surface area contributed by atoms with Gasteiger partial charge in [0.2, 0.25) is 11.8 Å². The number of carbonyl (C=O) groups is 2. The van der Waals surface area contributed by atoms with Crippen molar-refractivity contribution in [1.82, 2.24) is 5.32 Å². The van der Waals surface area contributed by atoms with Gasteiger partial charge in [0.1, 0.15) is 0 Å². The van der Waals surface area contributed by atoms with E-state index < -0.39 is 0 Å². The summed E-state index contributed by atoms with van der Waals surface area (Å²) in [7, 11) is 0. The Hall–Kier alpha value is -2.14. The first-order valence-corrected chi connectivity index (χ1v) is 9.21. The van der Waals surface area contributed by atoms with Gasteiger partial charge in [-0.15, -0.1) is 11.3 Å². The highest BCUT2D eigenvalue weighted by molar-refractivity contribution is 7.09. The molecule has 2 amide bonds. The standard InChI is InChI=1S/C19H22N2O2S/c1-14(11-17-7-4-10-24-17)19(23)20-13-15-5-2-6-16(12-15)21-9-3-8-18(21)22/h2,4-7,10,12,14H,3,8-9,11,13H2,1H3,(H,20,23)/t14-/m0/s1. The van der Waals surface area contributed by atoms with Crippen LogP contribution in [-0.2, 0) is 22.6 Å². The van der Waals surface area contributed by atoms with Crippen molar-refractivity contribution < 1.29 is 9.59 Å². The quantitative estimate of drug-likeness (QED) is 0.875. The number of amides is 2. The molecule has 1 atom stereocenters. The highest BCUT2D eigenvalue weighted by atomic mass is 32.1. The zero-order chi connectivity index (χ0) is 16.9. The largest absolute Gasteiger partial charge is 0.352 e. The molecule has 0 aliphatic carbocycles. The Balaban J connectivity index is 1.56. The lowest BCUT2D eigenvalue weighted by atomic mass is 10.1. The number of rotatable bonds is 6. The molecule has 126 valence electrons. The maximum absolute atomic E-state index is 12.3. The van der Waals surface area contributed by atoms with E-state index in [1.165, 1.54) is 4.88 Å². The summed E-state index contributed by atoms with van der Waals surface area (Å²) in [4.78, 5) is 27.2. The van der Waals surface area contributed by atoms with E-state index >= 15 is 0 Å². The lowest BCUT2D eigenvalue weighted by molar-refractivity contribution is -0.124. The van der Waals surface area contributed by atoms with Gasteiger partial charge in [0.05, 0.1) is 0 Å². The molecule has 1 fully saturated rings. The number of carbonyl (C=O) groups excluding carboxylic acids is 2. The van der Waals surface area contributed by atoms with Gasteiger partial charge in [-0.05, 0) is 42.0 Å². The van der Waals surface area contributed by atoms with Crippen LogP contribution in [0.4, 0.5) is 5.69 Å². The maximum atomic E-state index is 12.3. The molecule has 1 aromatic heterocycles. The minimum Gasteiger partial charge on any atom is -0.352 e. The molecule has 1 aromatic carbocycles. The summed E-state index contributed by atoms with van der Waals surface area (Å²) in [5.41, 5.74) is 1.94. The Labute approximate surface area is 146 Å². The summed E-state index contributed by atoms with van der Waals surface area (Å²) in [6.45, 7) is 3.23. The highest BCUT2D eigenvalue weighted by Crippen LogP contribution is 2.22. The molecule has 3 rings (SSSR count). The second-order valence-corrected chi connectivity index (χ2v) is 7.25. The van der Waals surface area contributed by atoms with Crippen LogP contribution in [-0.4, -0.2) is 18.4 Å². The number of benzene rings is 1. The predicted octanol–water partition coefficient (Wildman–Crippen LogP) is 3.37. The molecule has 0 bridgehead atoms. The SMILES string of the molecule is C[C@@H](Cc1cccs1)C(=O)NCc1cccc(N2CCCC2=O)c1. The number of hydrogen-bond acceptors (Lipinski definition) is 3. The molecule has 1 saturated heterocycles. The third-order valence-electron chi connectivity index (χ3n) is 4.30. The van der Waals surface area contributed by atoms with Gasteiger partial charge < -0.3 is 10.2 Å². The lowest BCUT2D eigenvalue weighted by Gasteiger charge is -2.17. The van der Waals surface area contributed by atoms with Gasteiger partial charge in [-0.25, -0.2) is 0 Å². The van der Waals surface area contributed by atoms with Crippen molar-refractivity contribution in [2.24, 2.45) is 5.92 Å². The van der Waals surface area contributed by atoms with Crippen LogP contribution in [0.5, 0.6) is 0 Å². The summed E-state index contributed by atoms with van der Waals surface area (Å²) < 4.78 is 0. The Bertz CT molecular complexity index is 712. The molecule has 24 heavy (non-hydrogen) atoms. The average molecular weight is 342 g/mol. The van der Waals surface area contributed by atoms with Gasteiger partial charge in [-0.2, -0.15) is 0 Å². The van der Waals surface area contributed by atoms with E-state index in [1.54, 1.807) is 11.3 Å². The lowest BCUT2D eigenvalue weighted by Crippen LogP contribution is -2.30. The Kier molecular flexibility index (Phi) is 5.30. The first-order chi connectivity index (χ1) is 11.6. The van der Waals surface area contributed by atoms with Crippen molar-refractivity contribution >= 4 is 28.8 Å². The second kappa shape index (κ2) is 7.62. The summed E-state index contributed by atoms with van der Waals surface area (Å²) in [5.74, 6) is 0.193. The highest BCUT2D eigenvalue weighted by Gasteiger charge is 2.21. The summed E-state index contributed by atoms with van der Waals surface area (Å²) in [6, 6.07) is 11.9. The zero-order valence-electron chi connectivity index (χ0n) is 13.8. The van der Waals surface area contributed by atoms with Crippen LogP contribution >= 0.6 is 11.3 Å². The van der Waals surface area contributed by atoms with Gasteiger partial charge in [0.25, 0.3) is 0 Å². The number of hydrogen-bond donors (Lipinski definition) is 1. The average Bonchev–Trinajstić information content (AvgIpc) is 3.24. The fourth-order valence-electron chi connectivity index (χ4n) is 2.94. The van der Waals surface area contributed by atoms with E-state index in [2.05, 4.69) is 11.4 Å². The predicted molar refractivity (Wildman–Crippen MR) is 97.1 cm³/mol. The fourth-order valence-corrected chi connectivity index (χ4v) is 3.78. The van der Waals surface area contributed by atoms with Crippen LogP contribution in [0.3, 0.4) is 0 Å². The van der Waals surface area contributed by atoms with Gasteiger partial charge >= 0.3 is 0 Å². The Morgan fingerprint density at radius 1 is 1.33 bits per heavy atom. The van der Waals surface area contributed by atoms with Crippen molar-refractivity contribution in [2.75, 3.05) is 11.4 Å². The monoisotopic (exact) mass is 342 g/mol. The minimum absolute atomic E-state index is 0.0491. The van der Waals surface area contributed by atoms with Crippen LogP contribution in [0.1, 0.15) is 30.2 Å². The third-order valence-corrected chi connectivity index (χ3v) is 5.20. The van der Waals surface area contributed by atoms with E-state index in [0.29, 0.717) is 13.0 Å².